The predicted molar refractivity (Wildman–Crippen MR) is 82.6 cm³/mol. The molecule has 0 bridgehead atoms. The first-order valence-electron chi connectivity index (χ1n) is 7.93. The van der Waals surface area contributed by atoms with Gasteiger partial charge in [0.15, 0.2) is 6.61 Å². The summed E-state index contributed by atoms with van der Waals surface area (Å²) >= 11 is 0. The molecular weight excluding hydrogens is 339 g/mol. The van der Waals surface area contributed by atoms with Crippen molar-refractivity contribution < 1.29 is 27.5 Å². The topological polar surface area (TPSA) is 71.5 Å². The Morgan fingerprint density at radius 3 is 2.88 bits per heavy atom. The standard InChI is InChI=1S/C16H20F3N3O3/c1-11(23)22-7-3-5-13(9-22)14(24)21-8-12-4-2-6-20-15(12)25-10-16(17,18)19/h2,4,6,13H,3,5,7-10H2,1H3,(H,21,24)/t13-/m0/s1. The molecule has 0 saturated carbocycles. The molecule has 138 valence electrons. The van der Waals surface area contributed by atoms with Gasteiger partial charge in [-0.1, -0.05) is 6.07 Å². The van der Waals surface area contributed by atoms with Crippen LogP contribution in [-0.4, -0.2) is 47.6 Å². The first kappa shape index (κ1) is 19.0. The number of piperidine rings is 1. The van der Waals surface area contributed by atoms with Crippen LogP contribution in [0.5, 0.6) is 5.88 Å². The molecule has 0 aromatic carbocycles. The maximum Gasteiger partial charge on any atom is 0.422 e. The SMILES string of the molecule is CC(=O)N1CCC[C@H](C(=O)NCc2cccnc2OCC(F)(F)F)C1. The van der Waals surface area contributed by atoms with Gasteiger partial charge in [0.25, 0.3) is 0 Å². The number of pyridine rings is 1. The molecule has 1 atom stereocenters. The number of amides is 2. The number of hydrogen-bond acceptors (Lipinski definition) is 4. The van der Waals surface area contributed by atoms with Crippen molar-refractivity contribution in [1.29, 1.82) is 0 Å². The molecule has 2 rings (SSSR count). The van der Waals surface area contributed by atoms with Crippen molar-refractivity contribution in [2.75, 3.05) is 19.7 Å². The third-order valence-electron chi connectivity index (χ3n) is 3.91. The first-order valence-corrected chi connectivity index (χ1v) is 7.93. The van der Waals surface area contributed by atoms with E-state index in [4.69, 9.17) is 0 Å². The number of nitrogens with one attached hydrogen (secondary N) is 1. The molecule has 9 heteroatoms. The molecule has 0 unspecified atom stereocenters. The molecule has 1 fully saturated rings. The van der Waals surface area contributed by atoms with Crippen LogP contribution in [0.3, 0.4) is 0 Å². The molecule has 1 saturated heterocycles. The third-order valence-corrected chi connectivity index (χ3v) is 3.91. The van der Waals surface area contributed by atoms with E-state index in [-0.39, 0.29) is 30.2 Å². The number of nitrogens with zero attached hydrogens (tertiary/aromatic N) is 2. The van der Waals surface area contributed by atoms with Crippen LogP contribution in [0.15, 0.2) is 18.3 Å². The van der Waals surface area contributed by atoms with Gasteiger partial charge in [0.05, 0.1) is 5.92 Å². The molecule has 2 heterocycles. The number of rotatable bonds is 5. The van der Waals surface area contributed by atoms with Crippen LogP contribution >= 0.6 is 0 Å². The van der Waals surface area contributed by atoms with E-state index in [0.29, 0.717) is 25.1 Å². The average molecular weight is 359 g/mol. The molecule has 1 aliphatic rings. The summed E-state index contributed by atoms with van der Waals surface area (Å²) in [5.74, 6) is -0.799. The molecule has 6 nitrogen and oxygen atoms in total. The molecule has 0 aliphatic carbocycles. The number of hydrogen-bond donors (Lipinski definition) is 1. The summed E-state index contributed by atoms with van der Waals surface area (Å²) in [5.41, 5.74) is 0.360. The summed E-state index contributed by atoms with van der Waals surface area (Å²) in [6.45, 7) is 1.01. The Bertz CT molecular complexity index is 622. The number of alkyl halides is 3. The molecule has 1 aromatic rings. The fraction of sp³-hybridized carbons (Fsp3) is 0.562. The maximum atomic E-state index is 12.3. The predicted octanol–water partition coefficient (Wildman–Crippen LogP) is 1.90. The van der Waals surface area contributed by atoms with Crippen LogP contribution in [0.4, 0.5) is 13.2 Å². The van der Waals surface area contributed by atoms with Crippen LogP contribution in [0.2, 0.25) is 0 Å². The molecule has 1 aromatic heterocycles. The smallest absolute Gasteiger partial charge is 0.422 e. The number of carbonyl (C=O) groups excluding carboxylic acids is 2. The van der Waals surface area contributed by atoms with Crippen molar-refractivity contribution in [3.63, 3.8) is 0 Å². The molecule has 2 amide bonds. The fourth-order valence-corrected chi connectivity index (χ4v) is 2.64. The fourth-order valence-electron chi connectivity index (χ4n) is 2.64. The highest BCUT2D eigenvalue weighted by atomic mass is 19.4. The molecule has 0 radical (unpaired) electrons. The van der Waals surface area contributed by atoms with E-state index in [2.05, 4.69) is 15.0 Å². The molecular formula is C16H20F3N3O3. The minimum Gasteiger partial charge on any atom is -0.468 e. The highest BCUT2D eigenvalue weighted by molar-refractivity contribution is 5.80. The minimum absolute atomic E-state index is 0.0104. The van der Waals surface area contributed by atoms with Gasteiger partial charge < -0.3 is 15.0 Å². The Balaban J connectivity index is 1.92. The lowest BCUT2D eigenvalue weighted by atomic mass is 9.97. The number of carbonyl (C=O) groups is 2. The van der Waals surface area contributed by atoms with Crippen LogP contribution < -0.4 is 10.1 Å². The molecule has 25 heavy (non-hydrogen) atoms. The van der Waals surface area contributed by atoms with Gasteiger partial charge in [0.2, 0.25) is 17.7 Å². The Hall–Kier alpha value is -2.32. The Morgan fingerprint density at radius 1 is 1.44 bits per heavy atom. The zero-order valence-electron chi connectivity index (χ0n) is 13.8. The van der Waals surface area contributed by atoms with E-state index in [1.54, 1.807) is 17.0 Å². The van der Waals surface area contributed by atoms with Crippen molar-refractivity contribution in [3.8, 4) is 5.88 Å². The Morgan fingerprint density at radius 2 is 2.20 bits per heavy atom. The summed E-state index contributed by atoms with van der Waals surface area (Å²) in [5, 5.41) is 2.69. The second-order valence-corrected chi connectivity index (χ2v) is 5.89. The minimum atomic E-state index is -4.46. The molecule has 1 N–H and O–H groups in total. The van der Waals surface area contributed by atoms with Crippen molar-refractivity contribution in [3.05, 3.63) is 23.9 Å². The second-order valence-electron chi connectivity index (χ2n) is 5.89. The lowest BCUT2D eigenvalue weighted by molar-refractivity contribution is -0.154. The van der Waals surface area contributed by atoms with E-state index in [9.17, 15) is 22.8 Å². The second kappa shape index (κ2) is 8.17. The van der Waals surface area contributed by atoms with Gasteiger partial charge in [-0.2, -0.15) is 13.2 Å². The maximum absolute atomic E-state index is 12.3. The van der Waals surface area contributed by atoms with E-state index in [0.717, 1.165) is 6.42 Å². The highest BCUT2D eigenvalue weighted by Gasteiger charge is 2.29. The van der Waals surface area contributed by atoms with Gasteiger partial charge in [0, 0.05) is 38.3 Å². The van der Waals surface area contributed by atoms with E-state index in [1.807, 2.05) is 0 Å². The van der Waals surface area contributed by atoms with E-state index in [1.165, 1.54) is 13.1 Å². The van der Waals surface area contributed by atoms with Crippen LogP contribution in [0, 0.1) is 5.92 Å². The monoisotopic (exact) mass is 359 g/mol. The summed E-state index contributed by atoms with van der Waals surface area (Å²) in [4.78, 5) is 29.1. The largest absolute Gasteiger partial charge is 0.468 e. The quantitative estimate of drug-likeness (QED) is 0.872. The van der Waals surface area contributed by atoms with Gasteiger partial charge in [-0.25, -0.2) is 4.98 Å². The zero-order valence-corrected chi connectivity index (χ0v) is 13.8. The summed E-state index contributed by atoms with van der Waals surface area (Å²) in [7, 11) is 0. The van der Waals surface area contributed by atoms with E-state index >= 15 is 0 Å². The summed E-state index contributed by atoms with van der Waals surface area (Å²) in [6, 6.07) is 3.10. The molecule has 1 aliphatic heterocycles. The van der Waals surface area contributed by atoms with Gasteiger partial charge in [-0.15, -0.1) is 0 Å². The van der Waals surface area contributed by atoms with Gasteiger partial charge in [0.1, 0.15) is 0 Å². The number of ether oxygens (including phenoxy) is 1. The number of likely N-dealkylation sites (tertiary alicyclic amines) is 1. The lowest BCUT2D eigenvalue weighted by Gasteiger charge is -2.31. The van der Waals surface area contributed by atoms with Crippen molar-refractivity contribution >= 4 is 11.8 Å². The first-order chi connectivity index (χ1) is 11.8. The van der Waals surface area contributed by atoms with Crippen molar-refractivity contribution in [2.24, 2.45) is 5.92 Å². The van der Waals surface area contributed by atoms with Gasteiger partial charge >= 0.3 is 6.18 Å². The van der Waals surface area contributed by atoms with Crippen molar-refractivity contribution in [1.82, 2.24) is 15.2 Å². The number of halogens is 3. The van der Waals surface area contributed by atoms with Crippen LogP contribution in [-0.2, 0) is 16.1 Å². The Labute approximate surface area is 143 Å². The average Bonchev–Trinajstić information content (AvgIpc) is 2.58. The number of aromatic nitrogens is 1. The van der Waals surface area contributed by atoms with Gasteiger partial charge in [-0.05, 0) is 18.9 Å². The lowest BCUT2D eigenvalue weighted by Crippen LogP contribution is -2.44. The van der Waals surface area contributed by atoms with Crippen molar-refractivity contribution in [2.45, 2.75) is 32.5 Å². The Kier molecular flexibility index (Phi) is 6.22. The third kappa shape index (κ3) is 5.91. The van der Waals surface area contributed by atoms with Crippen LogP contribution in [0.25, 0.3) is 0 Å². The summed E-state index contributed by atoms with van der Waals surface area (Å²) in [6.07, 6.45) is -1.73. The van der Waals surface area contributed by atoms with E-state index < -0.39 is 12.8 Å². The zero-order chi connectivity index (χ0) is 18.4. The van der Waals surface area contributed by atoms with Gasteiger partial charge in [-0.3, -0.25) is 9.59 Å². The highest BCUT2D eigenvalue weighted by Crippen LogP contribution is 2.21. The van der Waals surface area contributed by atoms with Crippen LogP contribution in [0.1, 0.15) is 25.3 Å². The normalized spacial score (nSPS) is 17.9. The summed E-state index contributed by atoms with van der Waals surface area (Å²) < 4.78 is 41.5. The molecule has 0 spiro atoms.